The van der Waals surface area contributed by atoms with Gasteiger partial charge in [-0.05, 0) is 49.2 Å². The Morgan fingerprint density at radius 3 is 1.84 bits per heavy atom. The van der Waals surface area contributed by atoms with Gasteiger partial charge in [0, 0.05) is 13.1 Å². The number of aryl methyl sites for hydroxylation is 2. The largest absolute Gasteiger partial charge is 0.494 e. The van der Waals surface area contributed by atoms with Crippen molar-refractivity contribution >= 4 is 35.0 Å². The number of hydrogen-bond acceptors (Lipinski definition) is 3. The van der Waals surface area contributed by atoms with Gasteiger partial charge >= 0.3 is 0 Å². The van der Waals surface area contributed by atoms with Crippen LogP contribution >= 0.6 is 24.0 Å². The Kier molecular flexibility index (Phi) is 8.65. The fourth-order valence-corrected chi connectivity index (χ4v) is 3.83. The summed E-state index contributed by atoms with van der Waals surface area (Å²) >= 11 is 6.15. The molecule has 0 aliphatic carbocycles. The highest BCUT2D eigenvalue weighted by Gasteiger charge is 2.10. The number of imidazole rings is 1. The third-order valence-corrected chi connectivity index (χ3v) is 5.45. The van der Waals surface area contributed by atoms with Gasteiger partial charge in [-0.25, -0.2) is 0 Å². The Labute approximate surface area is 199 Å². The van der Waals surface area contributed by atoms with Gasteiger partial charge in [-0.2, -0.15) is 0 Å². The SMILES string of the molecule is Cl.N=c1n(CCCOc2ccccc2)c2ccccc2n1CCCOc1ccccc1Cl. The molecular weight excluding hydrogens is 445 g/mol. The van der Waals surface area contributed by atoms with Gasteiger partial charge in [0.15, 0.2) is 0 Å². The van der Waals surface area contributed by atoms with Crippen molar-refractivity contribution in [3.63, 3.8) is 0 Å². The lowest BCUT2D eigenvalue weighted by Crippen LogP contribution is -2.26. The summed E-state index contributed by atoms with van der Waals surface area (Å²) < 4.78 is 15.7. The molecule has 0 aliphatic rings. The van der Waals surface area contributed by atoms with E-state index in [0.717, 1.165) is 36.2 Å². The molecule has 0 spiro atoms. The maximum absolute atomic E-state index is 8.73. The number of hydrogen-bond donors (Lipinski definition) is 1. The molecule has 1 N–H and O–H groups in total. The second-order valence-corrected chi connectivity index (χ2v) is 7.67. The normalized spacial score (nSPS) is 10.7. The van der Waals surface area contributed by atoms with E-state index in [1.165, 1.54) is 0 Å². The molecule has 0 aliphatic heterocycles. The van der Waals surface area contributed by atoms with Crippen LogP contribution in [0.3, 0.4) is 0 Å². The number of ether oxygens (including phenoxy) is 2. The lowest BCUT2D eigenvalue weighted by molar-refractivity contribution is 0.297. The minimum absolute atomic E-state index is 0. The average molecular weight is 472 g/mol. The summed E-state index contributed by atoms with van der Waals surface area (Å²) in [5.41, 5.74) is 2.63. The van der Waals surface area contributed by atoms with Crippen molar-refractivity contribution in [3.05, 3.63) is 89.5 Å². The van der Waals surface area contributed by atoms with Crippen LogP contribution in [0.15, 0.2) is 78.9 Å². The Bertz CT molecular complexity index is 1190. The second-order valence-electron chi connectivity index (χ2n) is 7.26. The maximum atomic E-state index is 8.73. The molecule has 1 aromatic heterocycles. The lowest BCUT2D eigenvalue weighted by Gasteiger charge is -2.09. The van der Waals surface area contributed by atoms with E-state index in [0.29, 0.717) is 36.1 Å². The van der Waals surface area contributed by atoms with Gasteiger partial charge in [0.2, 0.25) is 5.62 Å². The molecule has 32 heavy (non-hydrogen) atoms. The summed E-state index contributed by atoms with van der Waals surface area (Å²) in [6.45, 7) is 2.59. The number of aromatic nitrogens is 2. The molecule has 0 bridgehead atoms. The van der Waals surface area contributed by atoms with Gasteiger partial charge in [-0.1, -0.05) is 54.1 Å². The number of rotatable bonds is 10. The van der Waals surface area contributed by atoms with Crippen LogP contribution < -0.4 is 15.1 Å². The molecular formula is C25H27Cl2N3O2. The van der Waals surface area contributed by atoms with Crippen LogP contribution in [-0.4, -0.2) is 22.3 Å². The summed E-state index contributed by atoms with van der Waals surface area (Å²) in [5, 5.41) is 9.35. The van der Waals surface area contributed by atoms with E-state index >= 15 is 0 Å². The van der Waals surface area contributed by atoms with Crippen LogP contribution in [0.4, 0.5) is 0 Å². The highest BCUT2D eigenvalue weighted by Crippen LogP contribution is 2.23. The molecule has 0 atom stereocenters. The molecule has 0 amide bonds. The van der Waals surface area contributed by atoms with E-state index < -0.39 is 0 Å². The van der Waals surface area contributed by atoms with Crippen molar-refractivity contribution < 1.29 is 9.47 Å². The van der Waals surface area contributed by atoms with Crippen LogP contribution in [0.25, 0.3) is 11.0 Å². The fourth-order valence-electron chi connectivity index (χ4n) is 3.64. The number of nitrogens with one attached hydrogen (secondary N) is 1. The van der Waals surface area contributed by atoms with E-state index in [4.69, 9.17) is 26.5 Å². The number of nitrogens with zero attached hydrogens (tertiary/aromatic N) is 2. The van der Waals surface area contributed by atoms with Crippen LogP contribution in [0, 0.1) is 5.41 Å². The quantitative estimate of drug-likeness (QED) is 0.291. The predicted octanol–water partition coefficient (Wildman–Crippen LogP) is 5.94. The van der Waals surface area contributed by atoms with Crippen LogP contribution in [0.5, 0.6) is 11.5 Å². The Hall–Kier alpha value is -2.89. The first-order chi connectivity index (χ1) is 15.2. The molecule has 0 radical (unpaired) electrons. The zero-order valence-electron chi connectivity index (χ0n) is 17.7. The van der Waals surface area contributed by atoms with Crippen molar-refractivity contribution in [2.75, 3.05) is 13.2 Å². The van der Waals surface area contributed by atoms with Crippen molar-refractivity contribution in [2.24, 2.45) is 0 Å². The molecule has 7 heteroatoms. The Balaban J connectivity index is 0.00000289. The van der Waals surface area contributed by atoms with Crippen molar-refractivity contribution in [3.8, 4) is 11.5 Å². The second kappa shape index (κ2) is 11.7. The Morgan fingerprint density at radius 2 is 1.22 bits per heavy atom. The molecule has 4 aromatic rings. The minimum atomic E-state index is 0. The average Bonchev–Trinajstić information content (AvgIpc) is 3.07. The molecule has 168 valence electrons. The number of fused-ring (bicyclic) bond motifs is 1. The van der Waals surface area contributed by atoms with E-state index in [-0.39, 0.29) is 12.4 Å². The van der Waals surface area contributed by atoms with Crippen molar-refractivity contribution in [1.29, 1.82) is 5.41 Å². The zero-order valence-corrected chi connectivity index (χ0v) is 19.3. The van der Waals surface area contributed by atoms with Gasteiger partial charge in [-0.15, -0.1) is 12.4 Å². The highest BCUT2D eigenvalue weighted by atomic mass is 35.5. The smallest absolute Gasteiger partial charge is 0.202 e. The molecule has 5 nitrogen and oxygen atoms in total. The maximum Gasteiger partial charge on any atom is 0.202 e. The van der Waals surface area contributed by atoms with Crippen molar-refractivity contribution in [1.82, 2.24) is 9.13 Å². The van der Waals surface area contributed by atoms with Crippen LogP contribution in [-0.2, 0) is 13.1 Å². The summed E-state index contributed by atoms with van der Waals surface area (Å²) in [6, 6.07) is 25.5. The third-order valence-electron chi connectivity index (χ3n) is 5.13. The molecule has 1 heterocycles. The van der Waals surface area contributed by atoms with Gasteiger partial charge in [0.25, 0.3) is 0 Å². The molecule has 0 saturated carbocycles. The fraction of sp³-hybridized carbons (Fsp3) is 0.240. The summed E-state index contributed by atoms with van der Waals surface area (Å²) in [7, 11) is 0. The van der Waals surface area contributed by atoms with Crippen LogP contribution in [0.2, 0.25) is 5.02 Å². The van der Waals surface area contributed by atoms with Gasteiger partial charge < -0.3 is 18.6 Å². The van der Waals surface area contributed by atoms with E-state index in [1.54, 1.807) is 0 Å². The van der Waals surface area contributed by atoms with E-state index in [1.807, 2.05) is 71.3 Å². The zero-order chi connectivity index (χ0) is 21.5. The molecule has 0 fully saturated rings. The van der Waals surface area contributed by atoms with E-state index in [2.05, 4.69) is 16.7 Å². The van der Waals surface area contributed by atoms with Gasteiger partial charge in [0.05, 0.1) is 29.3 Å². The minimum Gasteiger partial charge on any atom is -0.494 e. The number of para-hydroxylation sites is 4. The summed E-state index contributed by atoms with van der Waals surface area (Å²) in [4.78, 5) is 0. The standard InChI is InChI=1S/C25H26ClN3O2.ClH/c26-21-12-4-7-15-24(21)31-19-9-17-29-23-14-6-5-13-22(23)28(25(29)27)16-8-18-30-20-10-2-1-3-11-20;/h1-7,10-15,27H,8-9,16-19H2;1H. The predicted molar refractivity (Wildman–Crippen MR) is 131 cm³/mol. The van der Waals surface area contributed by atoms with Crippen molar-refractivity contribution in [2.45, 2.75) is 25.9 Å². The summed E-state index contributed by atoms with van der Waals surface area (Å²) in [6.07, 6.45) is 1.61. The highest BCUT2D eigenvalue weighted by molar-refractivity contribution is 6.32. The first-order valence-corrected chi connectivity index (χ1v) is 10.9. The monoisotopic (exact) mass is 471 g/mol. The Morgan fingerprint density at radius 1 is 0.688 bits per heavy atom. The van der Waals surface area contributed by atoms with Crippen LogP contribution in [0.1, 0.15) is 12.8 Å². The first-order valence-electron chi connectivity index (χ1n) is 10.5. The van der Waals surface area contributed by atoms with Gasteiger partial charge in [-0.3, -0.25) is 5.41 Å². The first kappa shape index (κ1) is 23.8. The van der Waals surface area contributed by atoms with Gasteiger partial charge in [0.1, 0.15) is 11.5 Å². The summed E-state index contributed by atoms with van der Waals surface area (Å²) in [5.74, 6) is 1.57. The number of benzene rings is 3. The number of halogens is 2. The molecule has 0 saturated heterocycles. The molecule has 3 aromatic carbocycles. The topological polar surface area (TPSA) is 52.2 Å². The third kappa shape index (κ3) is 5.67. The van der Waals surface area contributed by atoms with E-state index in [9.17, 15) is 0 Å². The lowest BCUT2D eigenvalue weighted by atomic mass is 10.3. The molecule has 4 rings (SSSR count). The molecule has 0 unspecified atom stereocenters.